The van der Waals surface area contributed by atoms with Gasteiger partial charge in [-0.2, -0.15) is 0 Å². The van der Waals surface area contributed by atoms with E-state index < -0.39 is 26.9 Å². The topological polar surface area (TPSA) is 92.3 Å². The van der Waals surface area contributed by atoms with Crippen molar-refractivity contribution in [2.24, 2.45) is 0 Å². The molecule has 27 heavy (non-hydrogen) atoms. The molecule has 0 saturated heterocycles. The van der Waals surface area contributed by atoms with Gasteiger partial charge in [0.2, 0.25) is 0 Å². The molecule has 0 bridgehead atoms. The molecular weight excluding hydrogens is 384 g/mol. The summed E-state index contributed by atoms with van der Waals surface area (Å²) in [7, 11) is -3.75. The van der Waals surface area contributed by atoms with Crippen molar-refractivity contribution in [2.45, 2.75) is 42.9 Å². The summed E-state index contributed by atoms with van der Waals surface area (Å²) in [6.07, 6.45) is 1.75. The Morgan fingerprint density at radius 2 is 1.93 bits per heavy atom. The second-order valence-corrected chi connectivity index (χ2v) is 9.85. The molecule has 1 heterocycles. The Morgan fingerprint density at radius 1 is 1.19 bits per heavy atom. The van der Waals surface area contributed by atoms with Gasteiger partial charge in [0.05, 0.1) is 4.90 Å². The number of carbonyl (C=O) groups excluding carboxylic acids is 2. The van der Waals surface area contributed by atoms with Crippen molar-refractivity contribution in [1.29, 1.82) is 0 Å². The van der Waals surface area contributed by atoms with Gasteiger partial charge in [0.15, 0.2) is 9.84 Å². The fraction of sp³-hybridized carbons (Fsp3) is 0.368. The van der Waals surface area contributed by atoms with Crippen LogP contribution in [0.2, 0.25) is 0 Å². The lowest BCUT2D eigenvalue weighted by Crippen LogP contribution is -2.43. The van der Waals surface area contributed by atoms with Gasteiger partial charge in [-0.05, 0) is 55.3 Å². The van der Waals surface area contributed by atoms with Crippen LogP contribution < -0.4 is 10.6 Å². The van der Waals surface area contributed by atoms with Gasteiger partial charge in [-0.1, -0.05) is 18.2 Å². The number of rotatable bonds is 6. The van der Waals surface area contributed by atoms with Crippen LogP contribution in [0.4, 0.5) is 0 Å². The third-order valence-electron chi connectivity index (χ3n) is 4.45. The Hall–Kier alpha value is -2.19. The lowest BCUT2D eigenvalue weighted by molar-refractivity contribution is -0.139. The Balaban J connectivity index is 1.84. The molecule has 0 spiro atoms. The van der Waals surface area contributed by atoms with Gasteiger partial charge in [-0.25, -0.2) is 8.42 Å². The average Bonchev–Trinajstić information content (AvgIpc) is 3.27. The van der Waals surface area contributed by atoms with Crippen LogP contribution in [-0.4, -0.2) is 32.8 Å². The summed E-state index contributed by atoms with van der Waals surface area (Å²) < 4.78 is 26.7. The van der Waals surface area contributed by atoms with Crippen molar-refractivity contribution >= 4 is 33.0 Å². The van der Waals surface area contributed by atoms with E-state index in [0.717, 1.165) is 18.4 Å². The third-order valence-corrected chi connectivity index (χ3v) is 7.81. The first kappa shape index (κ1) is 19.6. The standard InChI is InChI=1S/C19H22N2O4S2/c1-12-5-6-13(2)16(10-12)27(24,25)17(15-4-3-9-26-15)11-20-18(22)19(23)21-14-7-8-14/h3-6,9-10,14,17H,7-8,11H2,1-2H3,(H,20,22)(H,21,23)/t17-/m0/s1. The molecule has 144 valence electrons. The SMILES string of the molecule is Cc1ccc(C)c(S(=O)(=O)[C@@H](CNC(=O)C(=O)NC2CC2)c2cccs2)c1. The molecule has 0 unspecified atom stereocenters. The molecule has 6 nitrogen and oxygen atoms in total. The van der Waals surface area contributed by atoms with Crippen molar-refractivity contribution < 1.29 is 18.0 Å². The molecule has 1 aliphatic carbocycles. The number of benzene rings is 1. The normalized spacial score (nSPS) is 15.2. The molecule has 1 fully saturated rings. The molecule has 2 N–H and O–H groups in total. The molecule has 1 aromatic heterocycles. The van der Waals surface area contributed by atoms with Crippen LogP contribution in [0.5, 0.6) is 0 Å². The third kappa shape index (κ3) is 4.56. The largest absolute Gasteiger partial charge is 0.346 e. The summed E-state index contributed by atoms with van der Waals surface area (Å²) in [6.45, 7) is 3.43. The lowest BCUT2D eigenvalue weighted by Gasteiger charge is -2.19. The minimum Gasteiger partial charge on any atom is -0.346 e. The smallest absolute Gasteiger partial charge is 0.309 e. The van der Waals surface area contributed by atoms with Gasteiger partial charge < -0.3 is 10.6 Å². The number of amides is 2. The van der Waals surface area contributed by atoms with Crippen molar-refractivity contribution in [1.82, 2.24) is 10.6 Å². The van der Waals surface area contributed by atoms with Crippen LogP contribution in [0, 0.1) is 13.8 Å². The first-order valence-corrected chi connectivity index (χ1v) is 11.1. The number of sulfone groups is 1. The molecule has 1 saturated carbocycles. The summed E-state index contributed by atoms with van der Waals surface area (Å²) in [5, 5.41) is 5.94. The molecule has 0 aliphatic heterocycles. The lowest BCUT2D eigenvalue weighted by atomic mass is 10.2. The monoisotopic (exact) mass is 406 g/mol. The Morgan fingerprint density at radius 3 is 2.56 bits per heavy atom. The van der Waals surface area contributed by atoms with Crippen LogP contribution >= 0.6 is 11.3 Å². The molecule has 0 radical (unpaired) electrons. The zero-order chi connectivity index (χ0) is 19.6. The van der Waals surface area contributed by atoms with E-state index in [1.54, 1.807) is 36.6 Å². The van der Waals surface area contributed by atoms with Crippen LogP contribution in [0.25, 0.3) is 0 Å². The van der Waals surface area contributed by atoms with Gasteiger partial charge >= 0.3 is 11.8 Å². The molecule has 1 aliphatic rings. The van der Waals surface area contributed by atoms with Crippen molar-refractivity contribution in [3.63, 3.8) is 0 Å². The molecule has 2 amide bonds. The summed E-state index contributed by atoms with van der Waals surface area (Å²) in [4.78, 5) is 24.8. The van der Waals surface area contributed by atoms with Crippen LogP contribution in [0.3, 0.4) is 0 Å². The van der Waals surface area contributed by atoms with Crippen LogP contribution in [0.1, 0.15) is 34.1 Å². The highest BCUT2D eigenvalue weighted by molar-refractivity contribution is 7.92. The van der Waals surface area contributed by atoms with E-state index >= 15 is 0 Å². The van der Waals surface area contributed by atoms with E-state index in [9.17, 15) is 18.0 Å². The zero-order valence-corrected chi connectivity index (χ0v) is 16.8. The number of nitrogens with one attached hydrogen (secondary N) is 2. The molecule has 3 rings (SSSR count). The maximum absolute atomic E-state index is 13.3. The van der Waals surface area contributed by atoms with E-state index in [1.165, 1.54) is 11.3 Å². The first-order valence-electron chi connectivity index (χ1n) is 8.72. The molecule has 2 aromatic rings. The maximum atomic E-state index is 13.3. The van der Waals surface area contributed by atoms with Crippen molar-refractivity contribution in [3.8, 4) is 0 Å². The second kappa shape index (κ2) is 7.82. The van der Waals surface area contributed by atoms with Crippen LogP contribution in [0.15, 0.2) is 40.6 Å². The fourth-order valence-electron chi connectivity index (χ4n) is 2.75. The molecular formula is C19H22N2O4S2. The number of aryl methyl sites for hydroxylation is 2. The Bertz CT molecular complexity index is 948. The number of hydrogen-bond donors (Lipinski definition) is 2. The number of carbonyl (C=O) groups is 2. The van der Waals surface area contributed by atoms with Gasteiger partial charge in [-0.3, -0.25) is 9.59 Å². The quantitative estimate of drug-likeness (QED) is 0.720. The zero-order valence-electron chi connectivity index (χ0n) is 15.2. The van der Waals surface area contributed by atoms with E-state index in [-0.39, 0.29) is 17.5 Å². The first-order chi connectivity index (χ1) is 12.8. The predicted octanol–water partition coefficient (Wildman–Crippen LogP) is 2.27. The van der Waals surface area contributed by atoms with E-state index in [4.69, 9.17) is 0 Å². The van der Waals surface area contributed by atoms with Gasteiger partial charge in [0.1, 0.15) is 5.25 Å². The summed E-state index contributed by atoms with van der Waals surface area (Å²) in [5.74, 6) is -1.52. The van der Waals surface area contributed by atoms with Gasteiger partial charge in [0.25, 0.3) is 0 Å². The Kier molecular flexibility index (Phi) is 5.67. The summed E-state index contributed by atoms with van der Waals surface area (Å²) in [5.41, 5.74) is 1.50. The van der Waals surface area contributed by atoms with Crippen LogP contribution in [-0.2, 0) is 19.4 Å². The number of thiophene rings is 1. The highest BCUT2D eigenvalue weighted by Crippen LogP contribution is 2.33. The van der Waals surface area contributed by atoms with Gasteiger partial charge in [-0.15, -0.1) is 11.3 Å². The average molecular weight is 407 g/mol. The van der Waals surface area contributed by atoms with E-state index in [0.29, 0.717) is 10.4 Å². The highest BCUT2D eigenvalue weighted by Gasteiger charge is 2.33. The van der Waals surface area contributed by atoms with E-state index in [1.807, 2.05) is 13.0 Å². The fourth-order valence-corrected chi connectivity index (χ4v) is 5.86. The Labute approximate surface area is 162 Å². The highest BCUT2D eigenvalue weighted by atomic mass is 32.2. The molecule has 1 atom stereocenters. The second-order valence-electron chi connectivity index (χ2n) is 6.78. The summed E-state index contributed by atoms with van der Waals surface area (Å²) >= 11 is 1.31. The minimum absolute atomic E-state index is 0.0648. The number of hydrogen-bond acceptors (Lipinski definition) is 5. The maximum Gasteiger partial charge on any atom is 0.309 e. The van der Waals surface area contributed by atoms with Crippen molar-refractivity contribution in [3.05, 3.63) is 51.7 Å². The molecule has 8 heteroatoms. The summed E-state index contributed by atoms with van der Waals surface area (Å²) in [6, 6.07) is 8.85. The predicted molar refractivity (Wildman–Crippen MR) is 104 cm³/mol. The van der Waals surface area contributed by atoms with Gasteiger partial charge in [0, 0.05) is 17.5 Å². The van der Waals surface area contributed by atoms with E-state index in [2.05, 4.69) is 10.6 Å². The van der Waals surface area contributed by atoms with Crippen molar-refractivity contribution in [2.75, 3.05) is 6.54 Å². The molecule has 1 aromatic carbocycles. The minimum atomic E-state index is -3.75.